The summed E-state index contributed by atoms with van der Waals surface area (Å²) < 4.78 is 4.11. The fraction of sp³-hybridized carbons (Fsp3) is 0.160. The molecule has 5 nitrogen and oxygen atoms in total. The number of rotatable bonds is 5. The van der Waals surface area contributed by atoms with Crippen LogP contribution in [0.2, 0.25) is 5.02 Å². The van der Waals surface area contributed by atoms with Crippen molar-refractivity contribution < 1.29 is 4.79 Å². The maximum Gasteiger partial charge on any atom is 0.196 e. The van der Waals surface area contributed by atoms with Gasteiger partial charge in [-0.15, -0.1) is 10.2 Å². The number of pyridine rings is 1. The molecule has 5 rings (SSSR count). The van der Waals surface area contributed by atoms with Gasteiger partial charge in [-0.25, -0.2) is 0 Å². The summed E-state index contributed by atoms with van der Waals surface area (Å²) in [4.78, 5) is 13.2. The number of nitrogens with zero attached hydrogens (tertiary/aromatic N) is 4. The van der Waals surface area contributed by atoms with Crippen molar-refractivity contribution in [1.29, 1.82) is 0 Å². The number of hydrogen-bond acceptors (Lipinski definition) is 4. The third-order valence-electron chi connectivity index (χ3n) is 5.72. The SMILES string of the molecule is Cc1cc2nnc(SCC(=O)c3cc(C)n(-c4ccc(Cl)cc4)c3C)n2c2ccccc12. The number of aromatic nitrogens is 4. The van der Waals surface area contributed by atoms with Crippen LogP contribution >= 0.6 is 23.4 Å². The van der Waals surface area contributed by atoms with Crippen LogP contribution in [-0.4, -0.2) is 30.7 Å². The van der Waals surface area contributed by atoms with Crippen LogP contribution in [0.4, 0.5) is 0 Å². The van der Waals surface area contributed by atoms with Crippen LogP contribution in [0.15, 0.2) is 65.8 Å². The molecule has 7 heteroatoms. The quantitative estimate of drug-likeness (QED) is 0.230. The highest BCUT2D eigenvalue weighted by atomic mass is 35.5. The van der Waals surface area contributed by atoms with Crippen molar-refractivity contribution in [2.45, 2.75) is 25.9 Å². The van der Waals surface area contributed by atoms with E-state index < -0.39 is 0 Å². The number of thioether (sulfide) groups is 1. The Hall–Kier alpha value is -3.09. The zero-order valence-corrected chi connectivity index (χ0v) is 19.5. The maximum atomic E-state index is 13.2. The van der Waals surface area contributed by atoms with Crippen LogP contribution in [-0.2, 0) is 0 Å². The molecule has 0 aliphatic rings. The van der Waals surface area contributed by atoms with Crippen molar-refractivity contribution >= 4 is 45.7 Å². The predicted octanol–water partition coefficient (Wildman–Crippen LogP) is 6.23. The van der Waals surface area contributed by atoms with Crippen molar-refractivity contribution in [3.05, 3.63) is 88.2 Å². The molecule has 3 heterocycles. The molecule has 0 aliphatic carbocycles. The average Bonchev–Trinajstić information content (AvgIpc) is 3.33. The van der Waals surface area contributed by atoms with Crippen LogP contribution in [0, 0.1) is 20.8 Å². The molecule has 0 atom stereocenters. The summed E-state index contributed by atoms with van der Waals surface area (Å²) in [5, 5.41) is 11.2. The van der Waals surface area contributed by atoms with Gasteiger partial charge in [-0.3, -0.25) is 9.20 Å². The summed E-state index contributed by atoms with van der Waals surface area (Å²) in [6.45, 7) is 6.05. The normalized spacial score (nSPS) is 11.5. The molecule has 32 heavy (non-hydrogen) atoms. The molecule has 2 aromatic carbocycles. The van der Waals surface area contributed by atoms with Gasteiger partial charge in [0.2, 0.25) is 0 Å². The summed E-state index contributed by atoms with van der Waals surface area (Å²) >= 11 is 7.45. The van der Waals surface area contributed by atoms with E-state index in [1.807, 2.05) is 66.8 Å². The molecular formula is C25H21ClN4OS. The molecule has 0 bridgehead atoms. The molecule has 0 saturated heterocycles. The van der Waals surface area contributed by atoms with Gasteiger partial charge in [-0.2, -0.15) is 0 Å². The molecule has 0 N–H and O–H groups in total. The number of halogens is 1. The van der Waals surface area contributed by atoms with Gasteiger partial charge in [-0.05, 0) is 68.8 Å². The van der Waals surface area contributed by atoms with E-state index in [1.54, 1.807) is 0 Å². The maximum absolute atomic E-state index is 13.2. The number of benzene rings is 2. The minimum atomic E-state index is 0.0662. The molecular weight excluding hydrogens is 440 g/mol. The van der Waals surface area contributed by atoms with Gasteiger partial charge in [-0.1, -0.05) is 41.6 Å². The van der Waals surface area contributed by atoms with Crippen molar-refractivity contribution in [2.75, 3.05) is 5.75 Å². The summed E-state index contributed by atoms with van der Waals surface area (Å²) in [5.74, 6) is 0.352. The van der Waals surface area contributed by atoms with Gasteiger partial charge in [0.15, 0.2) is 16.6 Å². The lowest BCUT2D eigenvalue weighted by atomic mass is 10.1. The Bertz CT molecular complexity index is 1480. The average molecular weight is 461 g/mol. The Morgan fingerprint density at radius 1 is 1.00 bits per heavy atom. The molecule has 0 saturated carbocycles. The number of ketones is 1. The van der Waals surface area contributed by atoms with Gasteiger partial charge in [0.25, 0.3) is 0 Å². The van der Waals surface area contributed by atoms with E-state index in [9.17, 15) is 4.79 Å². The zero-order valence-electron chi connectivity index (χ0n) is 18.0. The third kappa shape index (κ3) is 3.49. The van der Waals surface area contributed by atoms with E-state index in [-0.39, 0.29) is 11.5 Å². The molecule has 5 aromatic rings. The Morgan fingerprint density at radius 3 is 2.53 bits per heavy atom. The smallest absolute Gasteiger partial charge is 0.196 e. The lowest BCUT2D eigenvalue weighted by Gasteiger charge is -2.10. The molecule has 0 amide bonds. The fourth-order valence-corrected chi connectivity index (χ4v) is 5.17. The van der Waals surface area contributed by atoms with Crippen molar-refractivity contribution in [2.24, 2.45) is 0 Å². The highest BCUT2D eigenvalue weighted by Crippen LogP contribution is 2.28. The highest BCUT2D eigenvalue weighted by molar-refractivity contribution is 7.99. The lowest BCUT2D eigenvalue weighted by molar-refractivity contribution is 0.102. The summed E-state index contributed by atoms with van der Waals surface area (Å²) in [5.41, 5.74) is 6.62. The van der Waals surface area contributed by atoms with Crippen molar-refractivity contribution in [3.63, 3.8) is 0 Å². The Labute approximate surface area is 195 Å². The Morgan fingerprint density at radius 2 is 1.75 bits per heavy atom. The van der Waals surface area contributed by atoms with E-state index in [0.29, 0.717) is 5.02 Å². The first-order valence-corrected chi connectivity index (χ1v) is 11.6. The second-order valence-electron chi connectivity index (χ2n) is 7.83. The monoisotopic (exact) mass is 460 g/mol. The van der Waals surface area contributed by atoms with E-state index >= 15 is 0 Å². The summed E-state index contributed by atoms with van der Waals surface area (Å²) in [7, 11) is 0. The minimum Gasteiger partial charge on any atom is -0.318 e. The minimum absolute atomic E-state index is 0.0662. The van der Waals surface area contributed by atoms with E-state index in [2.05, 4.69) is 33.8 Å². The molecule has 160 valence electrons. The second-order valence-corrected chi connectivity index (χ2v) is 9.21. The zero-order chi connectivity index (χ0) is 22.4. The lowest BCUT2D eigenvalue weighted by Crippen LogP contribution is -2.06. The van der Waals surface area contributed by atoms with Gasteiger partial charge < -0.3 is 4.57 Å². The van der Waals surface area contributed by atoms with E-state index in [0.717, 1.165) is 49.9 Å². The summed E-state index contributed by atoms with van der Waals surface area (Å²) in [6, 6.07) is 19.8. The van der Waals surface area contributed by atoms with Crippen LogP contribution in [0.5, 0.6) is 0 Å². The van der Waals surface area contributed by atoms with Crippen LogP contribution < -0.4 is 0 Å². The topological polar surface area (TPSA) is 52.2 Å². The number of hydrogen-bond donors (Lipinski definition) is 0. The molecule has 0 radical (unpaired) electrons. The summed E-state index contributed by atoms with van der Waals surface area (Å²) in [6.07, 6.45) is 0. The Balaban J connectivity index is 1.45. The number of carbonyl (C=O) groups is 1. The van der Waals surface area contributed by atoms with Gasteiger partial charge in [0.1, 0.15) is 0 Å². The first-order valence-electron chi connectivity index (χ1n) is 10.3. The number of para-hydroxylation sites is 1. The van der Waals surface area contributed by atoms with E-state index in [1.165, 1.54) is 11.8 Å². The second kappa shape index (κ2) is 8.11. The Kier molecular flexibility index (Phi) is 5.27. The van der Waals surface area contributed by atoms with Crippen molar-refractivity contribution in [1.82, 2.24) is 19.2 Å². The van der Waals surface area contributed by atoms with Crippen molar-refractivity contribution in [3.8, 4) is 5.69 Å². The number of fused-ring (bicyclic) bond motifs is 3. The predicted molar refractivity (Wildman–Crippen MR) is 131 cm³/mol. The first kappa shape index (κ1) is 20.8. The standard InChI is InChI=1S/C25H21ClN4OS/c1-15-12-24-27-28-25(30(24)22-7-5-4-6-20(15)22)32-14-23(31)21-13-16(2)29(17(21)3)19-10-8-18(26)9-11-19/h4-13H,14H2,1-3H3. The molecule has 3 aromatic heterocycles. The number of Topliss-reactive ketones (excluding diaryl/α,β-unsaturated/α-hetero) is 1. The molecule has 0 unspecified atom stereocenters. The molecule has 0 spiro atoms. The fourth-order valence-electron chi connectivity index (χ4n) is 4.21. The highest BCUT2D eigenvalue weighted by Gasteiger charge is 2.19. The van der Waals surface area contributed by atoms with Crippen LogP contribution in [0.3, 0.4) is 0 Å². The van der Waals surface area contributed by atoms with Gasteiger partial charge in [0.05, 0.1) is 11.3 Å². The number of aryl methyl sites for hydroxylation is 2. The largest absolute Gasteiger partial charge is 0.318 e. The third-order valence-corrected chi connectivity index (χ3v) is 6.90. The molecule has 0 aliphatic heterocycles. The molecule has 0 fully saturated rings. The first-order chi connectivity index (χ1) is 15.4. The number of carbonyl (C=O) groups excluding carboxylic acids is 1. The van der Waals surface area contributed by atoms with Gasteiger partial charge >= 0.3 is 0 Å². The van der Waals surface area contributed by atoms with Crippen LogP contribution in [0.25, 0.3) is 22.2 Å². The van der Waals surface area contributed by atoms with E-state index in [4.69, 9.17) is 11.6 Å². The van der Waals surface area contributed by atoms with Crippen LogP contribution in [0.1, 0.15) is 27.3 Å². The van der Waals surface area contributed by atoms with Gasteiger partial charge in [0, 0.05) is 33.0 Å².